The molecule has 0 aromatic heterocycles. The molecule has 0 aliphatic carbocycles. The maximum Gasteiger partial charge on any atom is 0.333 e. The number of esters is 1. The van der Waals surface area contributed by atoms with Gasteiger partial charge in [0.15, 0.2) is 11.5 Å². The highest BCUT2D eigenvalue weighted by Gasteiger charge is 2.05. The fourth-order valence-corrected chi connectivity index (χ4v) is 2.07. The molecule has 0 amide bonds. The summed E-state index contributed by atoms with van der Waals surface area (Å²) in [4.78, 5) is 11.3. The maximum absolute atomic E-state index is 11.3. The second-order valence-corrected chi connectivity index (χ2v) is 5.47. The lowest BCUT2D eigenvalue weighted by Gasteiger charge is -2.11. The van der Waals surface area contributed by atoms with Gasteiger partial charge in [0.25, 0.3) is 0 Å². The molecule has 0 aliphatic rings. The maximum atomic E-state index is 11.3. The highest BCUT2D eigenvalue weighted by atomic mass is 16.5. The Morgan fingerprint density at radius 2 is 1.88 bits per heavy atom. The molecule has 0 saturated heterocycles. The van der Waals surface area contributed by atoms with Crippen molar-refractivity contribution in [2.75, 3.05) is 13.7 Å². The van der Waals surface area contributed by atoms with Crippen LogP contribution in [0.25, 0.3) is 6.08 Å². The minimum Gasteiger partial charge on any atom is -0.493 e. The first-order chi connectivity index (χ1) is 12.1. The van der Waals surface area contributed by atoms with Crippen molar-refractivity contribution in [2.24, 2.45) is 0 Å². The zero-order valence-corrected chi connectivity index (χ0v) is 14.5. The summed E-state index contributed by atoms with van der Waals surface area (Å²) in [7, 11) is 1.60. The van der Waals surface area contributed by atoms with E-state index in [1.165, 1.54) is 0 Å². The zero-order chi connectivity index (χ0) is 18.1. The largest absolute Gasteiger partial charge is 0.493 e. The van der Waals surface area contributed by atoms with E-state index in [1.807, 2.05) is 54.6 Å². The van der Waals surface area contributed by atoms with Crippen molar-refractivity contribution in [1.29, 1.82) is 0 Å². The summed E-state index contributed by atoms with van der Waals surface area (Å²) in [5.74, 6) is 0.932. The summed E-state index contributed by atoms with van der Waals surface area (Å²) < 4.78 is 16.2. The zero-order valence-electron chi connectivity index (χ0n) is 14.5. The Labute approximate surface area is 148 Å². The second kappa shape index (κ2) is 9.33. The predicted octanol–water partition coefficient (Wildman–Crippen LogP) is 4.41. The van der Waals surface area contributed by atoms with Crippen molar-refractivity contribution < 1.29 is 19.0 Å². The van der Waals surface area contributed by atoms with Crippen molar-refractivity contribution in [3.05, 3.63) is 77.9 Å². The van der Waals surface area contributed by atoms with Crippen LogP contribution >= 0.6 is 0 Å². The van der Waals surface area contributed by atoms with E-state index in [-0.39, 0.29) is 6.61 Å². The Bertz CT molecular complexity index is 748. The lowest BCUT2D eigenvalue weighted by molar-refractivity contribution is -0.137. The normalized spacial score (nSPS) is 10.5. The Morgan fingerprint density at radius 1 is 1.12 bits per heavy atom. The molecule has 0 fully saturated rings. The Balaban J connectivity index is 1.96. The summed E-state index contributed by atoms with van der Waals surface area (Å²) in [6, 6.07) is 15.6. The van der Waals surface area contributed by atoms with E-state index in [4.69, 9.17) is 14.2 Å². The number of carbonyl (C=O) groups excluding carboxylic acids is 1. The van der Waals surface area contributed by atoms with Gasteiger partial charge in [0.05, 0.1) is 7.11 Å². The molecule has 130 valence electrons. The third-order valence-electron chi connectivity index (χ3n) is 3.39. The van der Waals surface area contributed by atoms with Gasteiger partial charge >= 0.3 is 5.97 Å². The van der Waals surface area contributed by atoms with Crippen LogP contribution in [0.3, 0.4) is 0 Å². The van der Waals surface area contributed by atoms with Gasteiger partial charge in [-0.1, -0.05) is 49.1 Å². The van der Waals surface area contributed by atoms with Gasteiger partial charge in [-0.15, -0.1) is 0 Å². The third-order valence-corrected chi connectivity index (χ3v) is 3.39. The van der Waals surface area contributed by atoms with Gasteiger partial charge in [-0.2, -0.15) is 0 Å². The summed E-state index contributed by atoms with van der Waals surface area (Å²) in [5, 5.41) is 0. The number of hydrogen-bond donors (Lipinski definition) is 0. The van der Waals surface area contributed by atoms with Gasteiger partial charge in [0.1, 0.15) is 13.2 Å². The molecule has 2 aromatic carbocycles. The van der Waals surface area contributed by atoms with Crippen LogP contribution in [0.15, 0.2) is 66.8 Å². The molecule has 0 spiro atoms. The molecule has 4 heteroatoms. The molecule has 0 saturated carbocycles. The first kappa shape index (κ1) is 18.3. The van der Waals surface area contributed by atoms with Crippen LogP contribution in [0.2, 0.25) is 0 Å². The van der Waals surface area contributed by atoms with Gasteiger partial charge < -0.3 is 14.2 Å². The number of carbonyl (C=O) groups is 1. The minimum atomic E-state index is -0.396. The number of rotatable bonds is 8. The standard InChI is InChI=1S/C21H22O4/c1-16(2)21(22)24-13-7-10-17-11-12-19(20(14-17)23-3)25-15-18-8-5-4-6-9-18/h4-12,14H,1,13,15H2,2-3H3. The third kappa shape index (κ3) is 5.84. The monoisotopic (exact) mass is 338 g/mol. The molecule has 0 unspecified atom stereocenters. The van der Waals surface area contributed by atoms with Crippen LogP contribution in [0.1, 0.15) is 18.1 Å². The topological polar surface area (TPSA) is 44.8 Å². The SMILES string of the molecule is C=C(C)C(=O)OCC=Cc1ccc(OCc2ccccc2)c(OC)c1. The smallest absolute Gasteiger partial charge is 0.333 e. The van der Waals surface area contributed by atoms with Gasteiger partial charge in [0, 0.05) is 5.57 Å². The Hall–Kier alpha value is -3.01. The molecule has 0 aliphatic heterocycles. The molecule has 0 radical (unpaired) electrons. The molecule has 2 aromatic rings. The fourth-order valence-electron chi connectivity index (χ4n) is 2.07. The quantitative estimate of drug-likeness (QED) is 0.528. The van der Waals surface area contributed by atoms with Gasteiger partial charge in [0.2, 0.25) is 0 Å². The molecular formula is C21H22O4. The van der Waals surface area contributed by atoms with Gasteiger partial charge in [-0.25, -0.2) is 4.79 Å². The molecule has 0 atom stereocenters. The molecule has 4 nitrogen and oxygen atoms in total. The van der Waals surface area contributed by atoms with Crippen LogP contribution in [0.5, 0.6) is 11.5 Å². The fraction of sp³-hybridized carbons (Fsp3) is 0.190. The van der Waals surface area contributed by atoms with Crippen LogP contribution in [-0.2, 0) is 16.1 Å². The lowest BCUT2D eigenvalue weighted by Crippen LogP contribution is -2.04. The van der Waals surface area contributed by atoms with Crippen LogP contribution in [-0.4, -0.2) is 19.7 Å². The van der Waals surface area contributed by atoms with E-state index < -0.39 is 5.97 Å². The minimum absolute atomic E-state index is 0.195. The van der Waals surface area contributed by atoms with E-state index in [2.05, 4.69) is 6.58 Å². The van der Waals surface area contributed by atoms with Crippen LogP contribution < -0.4 is 9.47 Å². The molecular weight excluding hydrogens is 316 g/mol. The number of ether oxygens (including phenoxy) is 3. The average Bonchev–Trinajstić information content (AvgIpc) is 2.64. The molecule has 0 heterocycles. The summed E-state index contributed by atoms with van der Waals surface area (Å²) in [6.45, 7) is 5.82. The molecule has 2 rings (SSSR count). The van der Waals surface area contributed by atoms with Crippen molar-refractivity contribution in [2.45, 2.75) is 13.5 Å². The molecule has 0 bridgehead atoms. The van der Waals surface area contributed by atoms with E-state index in [1.54, 1.807) is 20.1 Å². The average molecular weight is 338 g/mol. The first-order valence-electron chi connectivity index (χ1n) is 7.94. The summed E-state index contributed by atoms with van der Waals surface area (Å²) >= 11 is 0. The predicted molar refractivity (Wildman–Crippen MR) is 98.6 cm³/mol. The Morgan fingerprint density at radius 3 is 2.56 bits per heavy atom. The highest BCUT2D eigenvalue weighted by molar-refractivity contribution is 5.87. The van der Waals surface area contributed by atoms with E-state index in [9.17, 15) is 4.79 Å². The molecule has 0 N–H and O–H groups in total. The van der Waals surface area contributed by atoms with Gasteiger partial charge in [-0.3, -0.25) is 0 Å². The van der Waals surface area contributed by atoms with Crippen molar-refractivity contribution in [1.82, 2.24) is 0 Å². The van der Waals surface area contributed by atoms with Crippen molar-refractivity contribution >= 4 is 12.0 Å². The lowest BCUT2D eigenvalue weighted by atomic mass is 10.2. The van der Waals surface area contributed by atoms with Crippen LogP contribution in [0.4, 0.5) is 0 Å². The molecule has 25 heavy (non-hydrogen) atoms. The second-order valence-electron chi connectivity index (χ2n) is 5.47. The Kier molecular flexibility index (Phi) is 6.84. The number of benzene rings is 2. The van der Waals surface area contributed by atoms with Gasteiger partial charge in [-0.05, 0) is 36.3 Å². The number of methoxy groups -OCH3 is 1. The highest BCUT2D eigenvalue weighted by Crippen LogP contribution is 2.29. The van der Waals surface area contributed by atoms with E-state index in [0.717, 1.165) is 11.1 Å². The van der Waals surface area contributed by atoms with Crippen molar-refractivity contribution in [3.63, 3.8) is 0 Å². The first-order valence-corrected chi connectivity index (χ1v) is 7.94. The van der Waals surface area contributed by atoms with E-state index in [0.29, 0.717) is 23.7 Å². The summed E-state index contributed by atoms with van der Waals surface area (Å²) in [5.41, 5.74) is 2.40. The van der Waals surface area contributed by atoms with Crippen molar-refractivity contribution in [3.8, 4) is 11.5 Å². The number of hydrogen-bond acceptors (Lipinski definition) is 4. The van der Waals surface area contributed by atoms with E-state index >= 15 is 0 Å². The summed E-state index contributed by atoms with van der Waals surface area (Å²) in [6.07, 6.45) is 3.62. The van der Waals surface area contributed by atoms with Crippen LogP contribution in [0, 0.1) is 0 Å².